The van der Waals surface area contributed by atoms with Crippen LogP contribution in [-0.2, 0) is 0 Å². The zero-order chi connectivity index (χ0) is 13.0. The first kappa shape index (κ1) is 12.7. The molecule has 0 saturated carbocycles. The molecule has 1 aliphatic heterocycles. The van der Waals surface area contributed by atoms with Gasteiger partial charge in [0, 0.05) is 18.2 Å². The van der Waals surface area contributed by atoms with Gasteiger partial charge in [0.15, 0.2) is 11.5 Å². The molecule has 1 atom stereocenters. The fraction of sp³-hybridized carbons (Fsp3) is 0.462. The van der Waals surface area contributed by atoms with Gasteiger partial charge in [-0.05, 0) is 31.0 Å². The number of ether oxygens (including phenoxy) is 2. The molecule has 18 heavy (non-hydrogen) atoms. The molecule has 1 aromatic rings. The maximum absolute atomic E-state index is 12.0. The number of aliphatic hydroxyl groups is 1. The van der Waals surface area contributed by atoms with Crippen LogP contribution in [0.1, 0.15) is 30.1 Å². The highest BCUT2D eigenvalue weighted by molar-refractivity contribution is 5.95. The number of hydrogen-bond acceptors (Lipinski definition) is 4. The minimum absolute atomic E-state index is 0.00655. The second-order valence-electron chi connectivity index (χ2n) is 4.16. The van der Waals surface area contributed by atoms with Crippen molar-refractivity contribution in [3.8, 4) is 11.5 Å². The maximum atomic E-state index is 12.0. The summed E-state index contributed by atoms with van der Waals surface area (Å²) in [6.45, 7) is 2.24. The molecule has 0 fully saturated rings. The Morgan fingerprint density at radius 3 is 2.94 bits per heavy atom. The molecule has 98 valence electrons. The highest BCUT2D eigenvalue weighted by Crippen LogP contribution is 2.32. The molecule has 1 unspecified atom stereocenters. The van der Waals surface area contributed by atoms with Gasteiger partial charge in [-0.15, -0.1) is 0 Å². The molecule has 0 aliphatic carbocycles. The highest BCUT2D eigenvalue weighted by Gasteiger charge is 2.17. The minimum Gasteiger partial charge on any atom is -0.454 e. The van der Waals surface area contributed by atoms with Gasteiger partial charge >= 0.3 is 0 Å². The standard InChI is InChI=1S/C13H17NO4/c1-2-10(5-6-15)14-13(16)9-3-4-11-12(7-9)18-8-17-11/h3-4,7,10,15H,2,5-6,8H2,1H3,(H,14,16). The number of amides is 1. The number of fused-ring (bicyclic) bond motifs is 1. The smallest absolute Gasteiger partial charge is 0.251 e. The van der Waals surface area contributed by atoms with E-state index in [4.69, 9.17) is 14.6 Å². The predicted molar refractivity (Wildman–Crippen MR) is 65.8 cm³/mol. The summed E-state index contributed by atoms with van der Waals surface area (Å²) >= 11 is 0. The summed E-state index contributed by atoms with van der Waals surface area (Å²) in [5.74, 6) is 1.10. The molecular weight excluding hydrogens is 234 g/mol. The van der Waals surface area contributed by atoms with E-state index in [0.29, 0.717) is 23.5 Å². The monoisotopic (exact) mass is 251 g/mol. The van der Waals surface area contributed by atoms with Crippen molar-refractivity contribution < 1.29 is 19.4 Å². The molecule has 5 heteroatoms. The molecule has 5 nitrogen and oxygen atoms in total. The number of aliphatic hydroxyl groups excluding tert-OH is 1. The lowest BCUT2D eigenvalue weighted by Crippen LogP contribution is -2.35. The van der Waals surface area contributed by atoms with Crippen molar-refractivity contribution in [1.29, 1.82) is 0 Å². The number of hydrogen-bond donors (Lipinski definition) is 2. The largest absolute Gasteiger partial charge is 0.454 e. The van der Waals surface area contributed by atoms with E-state index in [-0.39, 0.29) is 25.3 Å². The van der Waals surface area contributed by atoms with Crippen molar-refractivity contribution in [2.45, 2.75) is 25.8 Å². The molecule has 0 saturated heterocycles. The Kier molecular flexibility index (Phi) is 4.04. The number of carbonyl (C=O) groups excluding carboxylic acids is 1. The second kappa shape index (κ2) is 5.73. The normalized spacial score (nSPS) is 14.3. The number of benzene rings is 1. The molecule has 1 aromatic carbocycles. The van der Waals surface area contributed by atoms with Crippen molar-refractivity contribution in [3.63, 3.8) is 0 Å². The van der Waals surface area contributed by atoms with Crippen LogP contribution in [0.2, 0.25) is 0 Å². The predicted octanol–water partition coefficient (Wildman–Crippen LogP) is 1.31. The first-order chi connectivity index (χ1) is 8.74. The van der Waals surface area contributed by atoms with Gasteiger partial charge in [0.1, 0.15) is 0 Å². The maximum Gasteiger partial charge on any atom is 0.251 e. The van der Waals surface area contributed by atoms with Crippen molar-refractivity contribution >= 4 is 5.91 Å². The zero-order valence-electron chi connectivity index (χ0n) is 10.3. The van der Waals surface area contributed by atoms with E-state index in [2.05, 4.69) is 5.32 Å². The van der Waals surface area contributed by atoms with Crippen LogP contribution in [0.15, 0.2) is 18.2 Å². The number of rotatable bonds is 5. The Labute approximate surface area is 106 Å². The highest BCUT2D eigenvalue weighted by atomic mass is 16.7. The van der Waals surface area contributed by atoms with Gasteiger partial charge < -0.3 is 19.9 Å². The van der Waals surface area contributed by atoms with Crippen molar-refractivity contribution in [2.24, 2.45) is 0 Å². The van der Waals surface area contributed by atoms with Gasteiger partial charge in [0.05, 0.1) is 0 Å². The average molecular weight is 251 g/mol. The fourth-order valence-corrected chi connectivity index (χ4v) is 1.84. The third kappa shape index (κ3) is 2.73. The van der Waals surface area contributed by atoms with Crippen LogP contribution < -0.4 is 14.8 Å². The first-order valence-electron chi connectivity index (χ1n) is 6.06. The molecule has 2 rings (SSSR count). The second-order valence-corrected chi connectivity index (χ2v) is 4.16. The molecular formula is C13H17NO4. The van der Waals surface area contributed by atoms with E-state index in [1.165, 1.54) is 0 Å². The Hall–Kier alpha value is -1.75. The van der Waals surface area contributed by atoms with Crippen LogP contribution in [-0.4, -0.2) is 30.5 Å². The Morgan fingerprint density at radius 1 is 1.44 bits per heavy atom. The van der Waals surface area contributed by atoms with Gasteiger partial charge in [-0.3, -0.25) is 4.79 Å². The lowest BCUT2D eigenvalue weighted by molar-refractivity contribution is 0.0928. The third-order valence-electron chi connectivity index (χ3n) is 2.94. The Balaban J connectivity index is 2.04. The molecule has 1 aliphatic rings. The summed E-state index contributed by atoms with van der Waals surface area (Å²) in [5.41, 5.74) is 0.538. The lowest BCUT2D eigenvalue weighted by atomic mass is 10.1. The zero-order valence-corrected chi connectivity index (χ0v) is 10.3. The Morgan fingerprint density at radius 2 is 2.22 bits per heavy atom. The van der Waals surface area contributed by atoms with Crippen LogP contribution in [0.4, 0.5) is 0 Å². The summed E-state index contributed by atoms with van der Waals surface area (Å²) < 4.78 is 10.4. The summed E-state index contributed by atoms with van der Waals surface area (Å²) in [4.78, 5) is 12.0. The topological polar surface area (TPSA) is 67.8 Å². The molecule has 0 bridgehead atoms. The van der Waals surface area contributed by atoms with Gasteiger partial charge in [0.2, 0.25) is 6.79 Å². The number of carbonyl (C=O) groups is 1. The van der Waals surface area contributed by atoms with E-state index >= 15 is 0 Å². The van der Waals surface area contributed by atoms with Crippen LogP contribution >= 0.6 is 0 Å². The fourth-order valence-electron chi connectivity index (χ4n) is 1.84. The van der Waals surface area contributed by atoms with Gasteiger partial charge in [-0.25, -0.2) is 0 Å². The van der Waals surface area contributed by atoms with E-state index < -0.39 is 0 Å². The number of nitrogens with one attached hydrogen (secondary N) is 1. The van der Waals surface area contributed by atoms with Crippen LogP contribution in [0.3, 0.4) is 0 Å². The van der Waals surface area contributed by atoms with E-state index in [9.17, 15) is 4.79 Å². The summed E-state index contributed by atoms with van der Waals surface area (Å²) in [7, 11) is 0. The SMILES string of the molecule is CCC(CCO)NC(=O)c1ccc2c(c1)OCO2. The van der Waals surface area contributed by atoms with Crippen LogP contribution in [0.25, 0.3) is 0 Å². The molecule has 0 radical (unpaired) electrons. The molecule has 2 N–H and O–H groups in total. The molecule has 1 heterocycles. The minimum atomic E-state index is -0.159. The van der Waals surface area contributed by atoms with Gasteiger partial charge in [0.25, 0.3) is 5.91 Å². The van der Waals surface area contributed by atoms with Gasteiger partial charge in [-0.2, -0.15) is 0 Å². The Bertz CT molecular complexity index is 433. The van der Waals surface area contributed by atoms with E-state index in [1.54, 1.807) is 18.2 Å². The van der Waals surface area contributed by atoms with Crippen LogP contribution in [0.5, 0.6) is 11.5 Å². The van der Waals surface area contributed by atoms with E-state index in [1.807, 2.05) is 6.92 Å². The third-order valence-corrected chi connectivity index (χ3v) is 2.94. The first-order valence-corrected chi connectivity index (χ1v) is 6.06. The lowest BCUT2D eigenvalue weighted by Gasteiger charge is -2.15. The van der Waals surface area contributed by atoms with Crippen LogP contribution in [0, 0.1) is 0 Å². The van der Waals surface area contributed by atoms with Gasteiger partial charge in [-0.1, -0.05) is 6.92 Å². The average Bonchev–Trinajstić information content (AvgIpc) is 2.85. The summed E-state index contributed by atoms with van der Waals surface area (Å²) in [5, 5.41) is 11.8. The summed E-state index contributed by atoms with van der Waals surface area (Å²) in [6, 6.07) is 5.09. The van der Waals surface area contributed by atoms with Crippen molar-refractivity contribution in [3.05, 3.63) is 23.8 Å². The molecule has 0 aromatic heterocycles. The van der Waals surface area contributed by atoms with E-state index in [0.717, 1.165) is 6.42 Å². The molecule has 0 spiro atoms. The quantitative estimate of drug-likeness (QED) is 0.828. The van der Waals surface area contributed by atoms with Crippen molar-refractivity contribution in [1.82, 2.24) is 5.32 Å². The molecule has 1 amide bonds. The van der Waals surface area contributed by atoms with Crippen molar-refractivity contribution in [2.75, 3.05) is 13.4 Å². The summed E-state index contributed by atoms with van der Waals surface area (Å²) in [6.07, 6.45) is 1.35.